The van der Waals surface area contributed by atoms with Crippen LogP contribution in [0.5, 0.6) is 0 Å². The third kappa shape index (κ3) is 4.27. The molecule has 0 aromatic rings. The molecular weight excluding hydrogens is 234 g/mol. The summed E-state index contributed by atoms with van der Waals surface area (Å²) in [6.07, 6.45) is 0.892. The van der Waals surface area contributed by atoms with Crippen molar-refractivity contribution in [3.05, 3.63) is 0 Å². The van der Waals surface area contributed by atoms with Crippen LogP contribution in [0.2, 0.25) is 0 Å². The van der Waals surface area contributed by atoms with Crippen molar-refractivity contribution < 1.29 is 14.3 Å². The Hall–Kier alpha value is -1.14. The van der Waals surface area contributed by atoms with Crippen LogP contribution in [0.15, 0.2) is 0 Å². The van der Waals surface area contributed by atoms with E-state index >= 15 is 0 Å². The van der Waals surface area contributed by atoms with Crippen molar-refractivity contribution in [1.29, 1.82) is 0 Å². The second-order valence-electron chi connectivity index (χ2n) is 4.27. The number of ether oxygens (including phenoxy) is 1. The quantitative estimate of drug-likeness (QED) is 0.677. The van der Waals surface area contributed by atoms with Gasteiger partial charge in [0.05, 0.1) is 6.61 Å². The predicted molar refractivity (Wildman–Crippen MR) is 68.2 cm³/mol. The van der Waals surface area contributed by atoms with E-state index in [0.717, 1.165) is 19.5 Å². The molecule has 18 heavy (non-hydrogen) atoms. The Morgan fingerprint density at radius 2 is 2.11 bits per heavy atom. The summed E-state index contributed by atoms with van der Waals surface area (Å²) in [5, 5.41) is 3.21. The Morgan fingerprint density at radius 3 is 2.78 bits per heavy atom. The van der Waals surface area contributed by atoms with Crippen LogP contribution < -0.4 is 5.32 Å². The van der Waals surface area contributed by atoms with Crippen molar-refractivity contribution >= 4 is 11.8 Å². The van der Waals surface area contributed by atoms with Gasteiger partial charge >= 0.3 is 11.8 Å². The molecule has 1 fully saturated rings. The summed E-state index contributed by atoms with van der Waals surface area (Å²) < 4.78 is 4.94. The molecule has 6 heteroatoms. The highest BCUT2D eigenvalue weighted by molar-refractivity contribution is 6.34. The van der Waals surface area contributed by atoms with Crippen LogP contribution in [0.25, 0.3) is 0 Å². The standard InChI is InChI=1S/C12H23N3O3/c1-3-14(9-10-18-2)11(16)12(17)15-7-4-5-13-6-8-15/h13H,3-10H2,1-2H3. The fraction of sp³-hybridized carbons (Fsp3) is 0.833. The van der Waals surface area contributed by atoms with Gasteiger partial charge in [-0.15, -0.1) is 0 Å². The molecule has 1 aliphatic rings. The topological polar surface area (TPSA) is 61.9 Å². The van der Waals surface area contributed by atoms with E-state index in [9.17, 15) is 9.59 Å². The molecule has 6 nitrogen and oxygen atoms in total. The molecule has 104 valence electrons. The van der Waals surface area contributed by atoms with E-state index in [4.69, 9.17) is 4.74 Å². The van der Waals surface area contributed by atoms with Crippen molar-refractivity contribution in [3.8, 4) is 0 Å². The second kappa shape index (κ2) is 8.05. The highest BCUT2D eigenvalue weighted by Gasteiger charge is 2.26. The van der Waals surface area contributed by atoms with Crippen molar-refractivity contribution in [3.63, 3.8) is 0 Å². The average Bonchev–Trinajstić information content (AvgIpc) is 2.67. The van der Waals surface area contributed by atoms with Crippen LogP contribution in [0.3, 0.4) is 0 Å². The number of rotatable bonds is 4. The van der Waals surface area contributed by atoms with Gasteiger partial charge in [-0.2, -0.15) is 0 Å². The molecule has 0 aromatic carbocycles. The van der Waals surface area contributed by atoms with Gasteiger partial charge in [0.15, 0.2) is 0 Å². The maximum atomic E-state index is 12.1. The summed E-state index contributed by atoms with van der Waals surface area (Å²) >= 11 is 0. The molecule has 1 heterocycles. The molecule has 0 aliphatic carbocycles. The Balaban J connectivity index is 2.54. The molecule has 1 N–H and O–H groups in total. The molecule has 1 rings (SSSR count). The summed E-state index contributed by atoms with van der Waals surface area (Å²) in [7, 11) is 1.58. The van der Waals surface area contributed by atoms with Gasteiger partial charge < -0.3 is 19.9 Å². The van der Waals surface area contributed by atoms with Crippen LogP contribution >= 0.6 is 0 Å². The summed E-state index contributed by atoms with van der Waals surface area (Å²) in [5.74, 6) is -0.812. The number of carbonyl (C=O) groups excluding carboxylic acids is 2. The molecule has 2 amide bonds. The van der Waals surface area contributed by atoms with Crippen LogP contribution in [0.1, 0.15) is 13.3 Å². The van der Waals surface area contributed by atoms with Crippen molar-refractivity contribution in [2.24, 2.45) is 0 Å². The minimum Gasteiger partial charge on any atom is -0.383 e. The molecule has 1 saturated heterocycles. The predicted octanol–water partition coefficient (Wildman–Crippen LogP) is -0.697. The number of nitrogens with one attached hydrogen (secondary N) is 1. The first-order chi connectivity index (χ1) is 8.70. The van der Waals surface area contributed by atoms with Gasteiger partial charge in [-0.3, -0.25) is 9.59 Å². The zero-order valence-corrected chi connectivity index (χ0v) is 11.3. The highest BCUT2D eigenvalue weighted by Crippen LogP contribution is 2.00. The van der Waals surface area contributed by atoms with E-state index < -0.39 is 11.8 Å². The minimum atomic E-state index is -0.420. The Labute approximate surface area is 108 Å². The van der Waals surface area contributed by atoms with Gasteiger partial charge in [0, 0.05) is 39.8 Å². The van der Waals surface area contributed by atoms with Gasteiger partial charge in [-0.1, -0.05) is 0 Å². The third-order valence-corrected chi connectivity index (χ3v) is 3.04. The summed E-state index contributed by atoms with van der Waals surface area (Å²) in [4.78, 5) is 27.3. The van der Waals surface area contributed by atoms with Crippen molar-refractivity contribution in [2.45, 2.75) is 13.3 Å². The zero-order valence-electron chi connectivity index (χ0n) is 11.3. The second-order valence-corrected chi connectivity index (χ2v) is 4.27. The third-order valence-electron chi connectivity index (χ3n) is 3.04. The number of carbonyl (C=O) groups is 2. The fourth-order valence-electron chi connectivity index (χ4n) is 1.92. The van der Waals surface area contributed by atoms with Crippen LogP contribution in [-0.2, 0) is 14.3 Å². The summed E-state index contributed by atoms with van der Waals surface area (Å²) in [5.41, 5.74) is 0. The van der Waals surface area contributed by atoms with Gasteiger partial charge in [0.2, 0.25) is 0 Å². The number of likely N-dealkylation sites (N-methyl/N-ethyl adjacent to an activating group) is 1. The highest BCUT2D eigenvalue weighted by atomic mass is 16.5. The largest absolute Gasteiger partial charge is 0.383 e. The first-order valence-electron chi connectivity index (χ1n) is 6.48. The van der Waals surface area contributed by atoms with Crippen LogP contribution in [0.4, 0.5) is 0 Å². The molecule has 0 spiro atoms. The molecular formula is C12H23N3O3. The van der Waals surface area contributed by atoms with Crippen LogP contribution in [-0.4, -0.2) is 74.6 Å². The molecule has 1 aliphatic heterocycles. The Kier molecular flexibility index (Phi) is 6.67. The van der Waals surface area contributed by atoms with E-state index in [1.807, 2.05) is 6.92 Å². The van der Waals surface area contributed by atoms with Crippen molar-refractivity contribution in [1.82, 2.24) is 15.1 Å². The van der Waals surface area contributed by atoms with Gasteiger partial charge in [0.1, 0.15) is 0 Å². The lowest BCUT2D eigenvalue weighted by Crippen LogP contribution is -2.47. The normalized spacial score (nSPS) is 16.2. The molecule has 0 saturated carbocycles. The smallest absolute Gasteiger partial charge is 0.312 e. The number of nitrogens with zero attached hydrogens (tertiary/aromatic N) is 2. The lowest BCUT2D eigenvalue weighted by atomic mass is 10.3. The lowest BCUT2D eigenvalue weighted by Gasteiger charge is -2.24. The molecule has 0 radical (unpaired) electrons. The maximum absolute atomic E-state index is 12.1. The molecule has 0 unspecified atom stereocenters. The lowest BCUT2D eigenvalue weighted by molar-refractivity contribution is -0.151. The summed E-state index contributed by atoms with van der Waals surface area (Å²) in [6, 6.07) is 0. The van der Waals surface area contributed by atoms with E-state index in [1.54, 1.807) is 12.0 Å². The first-order valence-corrected chi connectivity index (χ1v) is 6.48. The van der Waals surface area contributed by atoms with Crippen molar-refractivity contribution in [2.75, 3.05) is 53.0 Å². The Bertz CT molecular complexity index is 276. The van der Waals surface area contributed by atoms with E-state index in [-0.39, 0.29) is 0 Å². The minimum absolute atomic E-state index is 0.392. The van der Waals surface area contributed by atoms with E-state index in [2.05, 4.69) is 5.32 Å². The van der Waals surface area contributed by atoms with E-state index in [1.165, 1.54) is 4.90 Å². The van der Waals surface area contributed by atoms with E-state index in [0.29, 0.717) is 32.8 Å². The van der Waals surface area contributed by atoms with Gasteiger partial charge in [-0.25, -0.2) is 0 Å². The number of amides is 2. The monoisotopic (exact) mass is 257 g/mol. The van der Waals surface area contributed by atoms with Gasteiger partial charge in [0.25, 0.3) is 0 Å². The van der Waals surface area contributed by atoms with Crippen LogP contribution in [0, 0.1) is 0 Å². The Morgan fingerprint density at radius 1 is 1.33 bits per heavy atom. The maximum Gasteiger partial charge on any atom is 0.312 e. The SMILES string of the molecule is CCN(CCOC)C(=O)C(=O)N1CCCNCC1. The average molecular weight is 257 g/mol. The molecule has 0 bridgehead atoms. The first kappa shape index (κ1) is 14.9. The fourth-order valence-corrected chi connectivity index (χ4v) is 1.92. The number of hydrogen-bond donors (Lipinski definition) is 1. The molecule has 0 aromatic heterocycles. The number of hydrogen-bond acceptors (Lipinski definition) is 4. The molecule has 0 atom stereocenters. The summed E-state index contributed by atoms with van der Waals surface area (Å²) in [6.45, 7) is 6.22. The number of methoxy groups -OCH3 is 1. The van der Waals surface area contributed by atoms with Gasteiger partial charge in [-0.05, 0) is 19.9 Å². The zero-order chi connectivity index (χ0) is 13.4.